The van der Waals surface area contributed by atoms with E-state index in [1.54, 1.807) is 0 Å². The van der Waals surface area contributed by atoms with Crippen molar-refractivity contribution in [2.75, 3.05) is 0 Å². The quantitative estimate of drug-likeness (QED) is 0.444. The fraction of sp³-hybridized carbons (Fsp3) is 0.250. The average Bonchev–Trinajstić information content (AvgIpc) is 1.88. The number of rotatable bonds is 1. The highest BCUT2D eigenvalue weighted by molar-refractivity contribution is 7.58. The maximum absolute atomic E-state index is 2.33. The van der Waals surface area contributed by atoms with E-state index in [1.165, 1.54) is 13.0 Å². The molecule has 0 atom stereocenters. The zero-order valence-electron chi connectivity index (χ0n) is 6.33. The summed E-state index contributed by atoms with van der Waals surface area (Å²) >= 11 is 0. The molecule has 1 aromatic carbocycles. The lowest BCUT2D eigenvalue weighted by Gasteiger charge is -1.90. The fourth-order valence-corrected chi connectivity index (χ4v) is 3.59. The molecule has 0 radical (unpaired) electrons. The lowest BCUT2D eigenvalue weighted by molar-refractivity contribution is 1.78. The smallest absolute Gasteiger partial charge is 0.0411 e. The van der Waals surface area contributed by atoms with Gasteiger partial charge in [0.15, 0.2) is 0 Å². The summed E-state index contributed by atoms with van der Waals surface area (Å²) in [5.41, 5.74) is 0. The van der Waals surface area contributed by atoms with E-state index >= 15 is 0 Å². The van der Waals surface area contributed by atoms with Crippen LogP contribution in [0.5, 0.6) is 0 Å². The van der Waals surface area contributed by atoms with Gasteiger partial charge in [0.2, 0.25) is 0 Å². The lowest BCUT2D eigenvalue weighted by Crippen LogP contribution is -1.90. The first kappa shape index (κ1) is 7.84. The molecule has 1 rings (SSSR count). The van der Waals surface area contributed by atoms with Gasteiger partial charge in [0.05, 0.1) is 0 Å². The zero-order valence-corrected chi connectivity index (χ0v) is 8.23. The maximum atomic E-state index is 2.33. The molecule has 0 spiro atoms. The molecule has 0 saturated carbocycles. The van der Waals surface area contributed by atoms with Crippen LogP contribution in [-0.2, 0) is 0 Å². The van der Waals surface area contributed by atoms with Crippen molar-refractivity contribution in [1.29, 1.82) is 0 Å². The van der Waals surface area contributed by atoms with Crippen molar-refractivity contribution in [3.63, 3.8) is 0 Å². The van der Waals surface area contributed by atoms with Gasteiger partial charge in [0.1, 0.15) is 0 Å². The van der Waals surface area contributed by atoms with E-state index in [4.69, 9.17) is 0 Å². The van der Waals surface area contributed by atoms with Crippen molar-refractivity contribution < 1.29 is 0 Å². The Bertz CT molecular complexity index is 224. The second kappa shape index (κ2) is 3.80. The first-order valence-corrected chi connectivity index (χ1v) is 7.59. The summed E-state index contributed by atoms with van der Waals surface area (Å²) in [4.78, 5) is 0. The van der Waals surface area contributed by atoms with Crippen LogP contribution in [0.3, 0.4) is 0 Å². The minimum absolute atomic E-state index is 0.115. The second-order valence-corrected chi connectivity index (χ2v) is 8.38. The Morgan fingerprint density at radius 3 is 2.20 bits per heavy atom. The van der Waals surface area contributed by atoms with Crippen LogP contribution in [0.2, 0.25) is 13.1 Å². The van der Waals surface area contributed by atoms with Crippen molar-refractivity contribution in [1.82, 2.24) is 0 Å². The Morgan fingerprint density at radius 2 is 1.70 bits per heavy atom. The number of benzene rings is 1. The SMILES string of the molecule is C[Si](C)=Pc1ccccc1. The monoisotopic (exact) mass is 166 g/mol. The molecular weight excluding hydrogens is 155 g/mol. The fourth-order valence-electron chi connectivity index (χ4n) is 0.761. The Morgan fingerprint density at radius 1 is 1.10 bits per heavy atom. The molecule has 0 unspecified atom stereocenters. The number of hydrogen-bond donors (Lipinski definition) is 0. The molecule has 52 valence electrons. The molecule has 0 amide bonds. The third kappa shape index (κ3) is 2.55. The van der Waals surface area contributed by atoms with E-state index in [0.29, 0.717) is 0 Å². The summed E-state index contributed by atoms with van der Waals surface area (Å²) in [6.07, 6.45) is 0. The van der Waals surface area contributed by atoms with Crippen molar-refractivity contribution in [2.24, 2.45) is 0 Å². The van der Waals surface area contributed by atoms with Gasteiger partial charge in [0, 0.05) is 8.05 Å². The average molecular weight is 166 g/mol. The van der Waals surface area contributed by atoms with Crippen LogP contribution in [-0.4, -0.2) is 8.05 Å². The van der Waals surface area contributed by atoms with Crippen LogP contribution in [0.25, 0.3) is 0 Å². The van der Waals surface area contributed by atoms with Crippen LogP contribution in [0.1, 0.15) is 0 Å². The van der Waals surface area contributed by atoms with E-state index in [-0.39, 0.29) is 8.05 Å². The first-order valence-electron chi connectivity index (χ1n) is 3.36. The predicted molar refractivity (Wildman–Crippen MR) is 50.5 cm³/mol. The van der Waals surface area contributed by atoms with Crippen LogP contribution < -0.4 is 5.30 Å². The molecule has 0 bridgehead atoms. The molecule has 1 aromatic rings. The molecule has 0 N–H and O–H groups in total. The summed E-state index contributed by atoms with van der Waals surface area (Å²) in [5.74, 6) is 0. The maximum Gasteiger partial charge on any atom is 0.0411 e. The van der Waals surface area contributed by atoms with E-state index in [1.807, 2.05) is 0 Å². The molecule has 0 fully saturated rings. The standard InChI is InChI=1S/C8H11PSi/c1-10(2)9-8-6-4-3-5-7-8/h3-7H,1-2H3. The van der Waals surface area contributed by atoms with Gasteiger partial charge in [0.25, 0.3) is 0 Å². The Labute approximate surface area is 65.1 Å². The third-order valence-electron chi connectivity index (χ3n) is 1.11. The van der Waals surface area contributed by atoms with Crippen molar-refractivity contribution >= 4 is 21.1 Å². The number of hydrogen-bond acceptors (Lipinski definition) is 0. The van der Waals surface area contributed by atoms with Crippen LogP contribution in [0.4, 0.5) is 0 Å². The summed E-state index contributed by atoms with van der Waals surface area (Å²) < 4.78 is 0. The highest BCUT2D eigenvalue weighted by Crippen LogP contribution is 1.98. The van der Waals surface area contributed by atoms with Gasteiger partial charge in [-0.3, -0.25) is 0 Å². The van der Waals surface area contributed by atoms with E-state index < -0.39 is 0 Å². The molecule has 0 aliphatic rings. The van der Waals surface area contributed by atoms with Gasteiger partial charge in [-0.25, -0.2) is 0 Å². The third-order valence-corrected chi connectivity index (χ3v) is 4.23. The van der Waals surface area contributed by atoms with Crippen molar-refractivity contribution in [3.8, 4) is 0 Å². The summed E-state index contributed by atoms with van der Waals surface area (Å²) in [7, 11) is 1.42. The van der Waals surface area contributed by atoms with Gasteiger partial charge in [-0.1, -0.05) is 43.4 Å². The van der Waals surface area contributed by atoms with E-state index in [2.05, 4.69) is 43.4 Å². The molecule has 0 aromatic heterocycles. The lowest BCUT2D eigenvalue weighted by atomic mass is 10.4. The summed E-state index contributed by atoms with van der Waals surface area (Å²) in [6, 6.07) is 10.7. The molecule has 0 aliphatic heterocycles. The summed E-state index contributed by atoms with van der Waals surface area (Å²) in [6.45, 7) is 4.67. The molecule has 10 heavy (non-hydrogen) atoms. The van der Waals surface area contributed by atoms with Crippen molar-refractivity contribution in [3.05, 3.63) is 30.3 Å². The molecule has 2 heteroatoms. The zero-order chi connectivity index (χ0) is 7.40. The minimum Gasteiger partial charge on any atom is -0.102 e. The van der Waals surface area contributed by atoms with Gasteiger partial charge in [-0.05, 0) is 5.30 Å². The molecule has 0 saturated heterocycles. The molecule has 0 nitrogen and oxygen atoms in total. The van der Waals surface area contributed by atoms with Crippen LogP contribution in [0.15, 0.2) is 30.3 Å². The van der Waals surface area contributed by atoms with Gasteiger partial charge < -0.3 is 0 Å². The molecule has 0 heterocycles. The Hall–Kier alpha value is -0.263. The normalized spacial score (nSPS) is 9.80. The van der Waals surface area contributed by atoms with Gasteiger partial charge in [-0.15, -0.1) is 7.72 Å². The van der Waals surface area contributed by atoms with Gasteiger partial charge in [-0.2, -0.15) is 0 Å². The van der Waals surface area contributed by atoms with Crippen LogP contribution in [0, 0.1) is 0 Å². The second-order valence-electron chi connectivity index (χ2n) is 2.39. The van der Waals surface area contributed by atoms with Crippen molar-refractivity contribution in [2.45, 2.75) is 13.1 Å². The topological polar surface area (TPSA) is 0 Å². The predicted octanol–water partition coefficient (Wildman–Crippen LogP) is 2.51. The van der Waals surface area contributed by atoms with Gasteiger partial charge >= 0.3 is 0 Å². The minimum atomic E-state index is -0.115. The largest absolute Gasteiger partial charge is 0.102 e. The Balaban J connectivity index is 2.87. The van der Waals surface area contributed by atoms with E-state index in [9.17, 15) is 0 Å². The Kier molecular flexibility index (Phi) is 2.98. The first-order chi connectivity index (χ1) is 4.79. The van der Waals surface area contributed by atoms with E-state index in [0.717, 1.165) is 0 Å². The molecular formula is C8H11PSi. The molecule has 0 aliphatic carbocycles. The highest BCUT2D eigenvalue weighted by Gasteiger charge is 1.83. The van der Waals surface area contributed by atoms with Crippen LogP contribution >= 0.6 is 7.72 Å². The highest BCUT2D eigenvalue weighted by atomic mass is 31.2. The summed E-state index contributed by atoms with van der Waals surface area (Å²) in [5, 5.41) is 1.46.